The van der Waals surface area contributed by atoms with E-state index >= 15 is 0 Å². The Labute approximate surface area is 176 Å². The molecule has 2 heterocycles. The number of nitrogens with one attached hydrogen (secondary N) is 2. The lowest BCUT2D eigenvalue weighted by Gasteiger charge is -2.31. The average molecular weight is 431 g/mol. The largest absolute Gasteiger partial charge is 0.348 e. The summed E-state index contributed by atoms with van der Waals surface area (Å²) in [5.74, 6) is -1.29. The number of rotatable bonds is 5. The molecule has 2 aromatic rings. The summed E-state index contributed by atoms with van der Waals surface area (Å²) in [6, 6.07) is 8.77. The summed E-state index contributed by atoms with van der Waals surface area (Å²) < 4.78 is 26.7. The number of pyridine rings is 1. The Morgan fingerprint density at radius 3 is 2.53 bits per heavy atom. The molecule has 0 aliphatic carbocycles. The van der Waals surface area contributed by atoms with Crippen molar-refractivity contribution < 1.29 is 18.0 Å². The van der Waals surface area contributed by atoms with Crippen LogP contribution in [-0.2, 0) is 19.6 Å². The van der Waals surface area contributed by atoms with Crippen LogP contribution in [0.4, 0.5) is 5.69 Å². The number of aryl methyl sites for hydroxylation is 2. The van der Waals surface area contributed by atoms with Crippen LogP contribution in [-0.4, -0.2) is 49.2 Å². The molecule has 0 atom stereocenters. The fraction of sp³-hybridized carbons (Fsp3) is 0.381. The Bertz CT molecular complexity index is 1020. The minimum Gasteiger partial charge on any atom is -0.348 e. The molecule has 1 fully saturated rings. The molecule has 0 bridgehead atoms. The van der Waals surface area contributed by atoms with Crippen LogP contribution in [0.3, 0.4) is 0 Å². The van der Waals surface area contributed by atoms with Gasteiger partial charge in [0.15, 0.2) is 0 Å². The van der Waals surface area contributed by atoms with Gasteiger partial charge in [-0.05, 0) is 61.9 Å². The molecule has 1 aromatic carbocycles. The van der Waals surface area contributed by atoms with Gasteiger partial charge in [0.25, 0.3) is 0 Å². The lowest BCUT2D eigenvalue weighted by molar-refractivity contribution is -0.136. The van der Waals surface area contributed by atoms with Gasteiger partial charge < -0.3 is 10.6 Å². The molecule has 3 rings (SSSR count). The normalized spacial score (nSPS) is 15.5. The van der Waals surface area contributed by atoms with E-state index in [2.05, 4.69) is 15.6 Å². The number of sulfonamides is 1. The highest BCUT2D eigenvalue weighted by Gasteiger charge is 2.30. The molecule has 8 nitrogen and oxygen atoms in total. The van der Waals surface area contributed by atoms with Crippen molar-refractivity contribution in [2.75, 3.05) is 25.0 Å². The highest BCUT2D eigenvalue weighted by Crippen LogP contribution is 2.23. The van der Waals surface area contributed by atoms with E-state index in [0.29, 0.717) is 38.2 Å². The second kappa shape index (κ2) is 9.36. The topological polar surface area (TPSA) is 108 Å². The van der Waals surface area contributed by atoms with Gasteiger partial charge in [0, 0.05) is 37.7 Å². The van der Waals surface area contributed by atoms with Crippen LogP contribution in [0, 0.1) is 19.8 Å². The molecule has 160 valence electrons. The van der Waals surface area contributed by atoms with Gasteiger partial charge in [-0.15, -0.1) is 0 Å². The molecule has 1 aliphatic rings. The molecule has 0 radical (unpaired) electrons. The zero-order valence-corrected chi connectivity index (χ0v) is 17.9. The minimum absolute atomic E-state index is 0.114. The standard InChI is InChI=1S/C21H26N4O4S/c1-15-5-6-16(2)19(12-15)24-21(27)20(26)23-13-17-7-10-25(11-8-17)30(28,29)18-4-3-9-22-14-18/h3-6,9,12,14,17H,7-8,10-11,13H2,1-2H3,(H,23,26)(H,24,27). The molecular weight excluding hydrogens is 404 g/mol. The third kappa shape index (κ3) is 5.22. The third-order valence-corrected chi connectivity index (χ3v) is 7.13. The number of nitrogens with zero attached hydrogens (tertiary/aromatic N) is 2. The van der Waals surface area contributed by atoms with Crippen molar-refractivity contribution in [2.45, 2.75) is 31.6 Å². The maximum absolute atomic E-state index is 12.6. The van der Waals surface area contributed by atoms with Crippen LogP contribution < -0.4 is 10.6 Å². The fourth-order valence-corrected chi connectivity index (χ4v) is 4.80. The van der Waals surface area contributed by atoms with Gasteiger partial charge in [-0.3, -0.25) is 14.6 Å². The first-order valence-electron chi connectivity index (χ1n) is 9.84. The smallest absolute Gasteiger partial charge is 0.313 e. The second-order valence-corrected chi connectivity index (χ2v) is 9.46. The first-order valence-corrected chi connectivity index (χ1v) is 11.3. The molecule has 0 saturated carbocycles. The maximum atomic E-state index is 12.6. The number of benzene rings is 1. The lowest BCUT2D eigenvalue weighted by Crippen LogP contribution is -2.43. The Kier molecular flexibility index (Phi) is 6.84. The summed E-state index contributed by atoms with van der Waals surface area (Å²) in [6.07, 6.45) is 4.09. The minimum atomic E-state index is -3.55. The van der Waals surface area contributed by atoms with Gasteiger partial charge in [0.2, 0.25) is 10.0 Å². The highest BCUT2D eigenvalue weighted by molar-refractivity contribution is 7.89. The van der Waals surface area contributed by atoms with E-state index in [4.69, 9.17) is 0 Å². The Morgan fingerprint density at radius 1 is 1.13 bits per heavy atom. The molecule has 2 N–H and O–H groups in total. The zero-order valence-electron chi connectivity index (χ0n) is 17.1. The lowest BCUT2D eigenvalue weighted by atomic mass is 9.98. The van der Waals surface area contributed by atoms with Crippen molar-refractivity contribution in [3.8, 4) is 0 Å². The number of carbonyl (C=O) groups is 2. The molecule has 2 amide bonds. The Balaban J connectivity index is 1.48. The van der Waals surface area contributed by atoms with Gasteiger partial charge in [-0.25, -0.2) is 8.42 Å². The van der Waals surface area contributed by atoms with Crippen LogP contribution in [0.1, 0.15) is 24.0 Å². The fourth-order valence-electron chi connectivity index (χ4n) is 3.37. The van der Waals surface area contributed by atoms with Gasteiger partial charge in [-0.2, -0.15) is 4.31 Å². The summed E-state index contributed by atoms with van der Waals surface area (Å²) in [5.41, 5.74) is 2.48. The first kappa shape index (κ1) is 21.9. The first-order chi connectivity index (χ1) is 14.3. The molecular formula is C21H26N4O4S. The monoisotopic (exact) mass is 430 g/mol. The summed E-state index contributed by atoms with van der Waals surface area (Å²) in [6.45, 7) is 4.84. The molecule has 1 aromatic heterocycles. The van der Waals surface area contributed by atoms with Crippen molar-refractivity contribution in [2.24, 2.45) is 5.92 Å². The second-order valence-electron chi connectivity index (χ2n) is 7.52. The van der Waals surface area contributed by atoms with E-state index in [1.165, 1.54) is 22.8 Å². The number of aromatic nitrogens is 1. The Morgan fingerprint density at radius 2 is 1.87 bits per heavy atom. The SMILES string of the molecule is Cc1ccc(C)c(NC(=O)C(=O)NCC2CCN(S(=O)(=O)c3cccnc3)CC2)c1. The number of anilines is 1. The Hall–Kier alpha value is -2.78. The predicted molar refractivity (Wildman–Crippen MR) is 113 cm³/mol. The number of hydrogen-bond donors (Lipinski definition) is 2. The predicted octanol–water partition coefficient (Wildman–Crippen LogP) is 1.85. The van der Waals surface area contributed by atoms with E-state index in [1.54, 1.807) is 6.07 Å². The van der Waals surface area contributed by atoms with Crippen molar-refractivity contribution in [3.63, 3.8) is 0 Å². The van der Waals surface area contributed by atoms with Gasteiger partial charge >= 0.3 is 11.8 Å². The molecule has 30 heavy (non-hydrogen) atoms. The number of amides is 2. The molecule has 0 unspecified atom stereocenters. The number of hydrogen-bond acceptors (Lipinski definition) is 5. The summed E-state index contributed by atoms with van der Waals surface area (Å²) in [5, 5.41) is 5.30. The van der Waals surface area contributed by atoms with Crippen LogP contribution in [0.25, 0.3) is 0 Å². The van der Waals surface area contributed by atoms with E-state index < -0.39 is 21.8 Å². The zero-order chi connectivity index (χ0) is 21.7. The van der Waals surface area contributed by atoms with E-state index in [-0.39, 0.29) is 10.8 Å². The number of piperidine rings is 1. The van der Waals surface area contributed by atoms with Crippen molar-refractivity contribution in [1.82, 2.24) is 14.6 Å². The summed E-state index contributed by atoms with van der Waals surface area (Å²) in [4.78, 5) is 28.4. The molecule has 1 saturated heterocycles. The van der Waals surface area contributed by atoms with E-state index in [1.807, 2.05) is 32.0 Å². The van der Waals surface area contributed by atoms with Crippen molar-refractivity contribution in [3.05, 3.63) is 53.9 Å². The third-order valence-electron chi connectivity index (χ3n) is 5.24. The molecule has 1 aliphatic heterocycles. The van der Waals surface area contributed by atoms with Crippen LogP contribution in [0.15, 0.2) is 47.6 Å². The average Bonchev–Trinajstić information content (AvgIpc) is 2.75. The number of carbonyl (C=O) groups excluding carboxylic acids is 2. The van der Waals surface area contributed by atoms with Crippen molar-refractivity contribution >= 4 is 27.5 Å². The highest BCUT2D eigenvalue weighted by atomic mass is 32.2. The molecule has 0 spiro atoms. The van der Waals surface area contributed by atoms with E-state index in [0.717, 1.165) is 11.1 Å². The van der Waals surface area contributed by atoms with Gasteiger partial charge in [-0.1, -0.05) is 12.1 Å². The van der Waals surface area contributed by atoms with Crippen LogP contribution in [0.2, 0.25) is 0 Å². The van der Waals surface area contributed by atoms with Crippen LogP contribution in [0.5, 0.6) is 0 Å². The summed E-state index contributed by atoms with van der Waals surface area (Å²) in [7, 11) is -3.55. The molecule has 9 heteroatoms. The van der Waals surface area contributed by atoms with Crippen LogP contribution >= 0.6 is 0 Å². The van der Waals surface area contributed by atoms with Gasteiger partial charge in [0.05, 0.1) is 0 Å². The quantitative estimate of drug-likeness (QED) is 0.704. The maximum Gasteiger partial charge on any atom is 0.313 e. The summed E-state index contributed by atoms with van der Waals surface area (Å²) >= 11 is 0. The van der Waals surface area contributed by atoms with E-state index in [9.17, 15) is 18.0 Å². The van der Waals surface area contributed by atoms with Crippen molar-refractivity contribution in [1.29, 1.82) is 0 Å². The van der Waals surface area contributed by atoms with Gasteiger partial charge in [0.1, 0.15) is 4.90 Å².